The summed E-state index contributed by atoms with van der Waals surface area (Å²) in [4.78, 5) is 20.0. The van der Waals surface area contributed by atoms with E-state index in [-0.39, 0.29) is 30.8 Å². The summed E-state index contributed by atoms with van der Waals surface area (Å²) in [5.41, 5.74) is 7.77. The van der Waals surface area contributed by atoms with Crippen LogP contribution in [-0.2, 0) is 4.74 Å². The van der Waals surface area contributed by atoms with Crippen LogP contribution < -0.4 is 10.6 Å². The van der Waals surface area contributed by atoms with Crippen LogP contribution in [0.15, 0.2) is 18.6 Å². The summed E-state index contributed by atoms with van der Waals surface area (Å²) >= 11 is 0. The lowest BCUT2D eigenvalue weighted by molar-refractivity contribution is 0.0299. The van der Waals surface area contributed by atoms with Crippen LogP contribution in [0.5, 0.6) is 0 Å². The Hall–Kier alpha value is -2.85. The van der Waals surface area contributed by atoms with E-state index < -0.39 is 0 Å². The lowest BCUT2D eigenvalue weighted by atomic mass is 10.2. The van der Waals surface area contributed by atoms with Crippen molar-refractivity contribution in [3.63, 3.8) is 0 Å². The maximum Gasteiger partial charge on any atom is 0.228 e. The molecule has 3 N–H and O–H groups in total. The highest BCUT2D eigenvalue weighted by Gasteiger charge is 2.35. The second kappa shape index (κ2) is 6.64. The first-order valence-electron chi connectivity index (χ1n) is 9.47. The Morgan fingerprint density at radius 1 is 1.18 bits per heavy atom. The van der Waals surface area contributed by atoms with E-state index in [1.165, 1.54) is 0 Å². The molecule has 0 aliphatic carbocycles. The van der Waals surface area contributed by atoms with E-state index in [1.54, 1.807) is 23.3 Å². The molecule has 146 valence electrons. The molecule has 0 saturated carbocycles. The van der Waals surface area contributed by atoms with Crippen molar-refractivity contribution in [1.29, 1.82) is 0 Å². The van der Waals surface area contributed by atoms with E-state index in [0.717, 1.165) is 36.9 Å². The highest BCUT2D eigenvalue weighted by atomic mass is 16.5. The number of hydrogen-bond donors (Lipinski definition) is 2. The van der Waals surface area contributed by atoms with Crippen LogP contribution >= 0.6 is 0 Å². The third-order valence-electron chi connectivity index (χ3n) is 5.40. The molecular weight excluding hydrogens is 360 g/mol. The molecule has 2 bridgehead atoms. The first-order valence-corrected chi connectivity index (χ1v) is 9.47. The number of fused-ring (bicyclic) bond motifs is 3. The molecular formula is C18H22N8O2. The van der Waals surface area contributed by atoms with Gasteiger partial charge in [0.15, 0.2) is 5.65 Å². The fraction of sp³-hybridized carbons (Fsp3) is 0.500. The highest BCUT2D eigenvalue weighted by Crippen LogP contribution is 2.32. The largest absolute Gasteiger partial charge is 0.394 e. The van der Waals surface area contributed by atoms with Gasteiger partial charge in [0.05, 0.1) is 42.1 Å². The first-order chi connectivity index (χ1) is 13.6. The third kappa shape index (κ3) is 2.85. The quantitative estimate of drug-likeness (QED) is 0.673. The molecule has 0 aromatic carbocycles. The van der Waals surface area contributed by atoms with Crippen LogP contribution in [-0.4, -0.2) is 66.7 Å². The Morgan fingerprint density at radius 2 is 1.89 bits per heavy atom. The SMILES string of the molecule is CC(CO)n1ncc2c(-c3cnc(N)nc3)nc(N3CC4CCC(C3)O4)nc21. The molecule has 5 heterocycles. The van der Waals surface area contributed by atoms with Crippen molar-refractivity contribution in [1.82, 2.24) is 29.7 Å². The molecule has 2 fully saturated rings. The average Bonchev–Trinajstić information content (AvgIpc) is 3.29. The predicted octanol–water partition coefficient (Wildman–Crippen LogP) is 0.786. The van der Waals surface area contributed by atoms with Gasteiger partial charge < -0.3 is 20.5 Å². The summed E-state index contributed by atoms with van der Waals surface area (Å²) in [6, 6.07) is -0.198. The topological polar surface area (TPSA) is 128 Å². The first kappa shape index (κ1) is 17.3. The van der Waals surface area contributed by atoms with E-state index >= 15 is 0 Å². The molecule has 0 radical (unpaired) electrons. The van der Waals surface area contributed by atoms with Crippen molar-refractivity contribution in [2.45, 2.75) is 38.0 Å². The van der Waals surface area contributed by atoms with Crippen molar-refractivity contribution in [3.05, 3.63) is 18.6 Å². The fourth-order valence-electron chi connectivity index (χ4n) is 3.91. The number of nitrogens with zero attached hydrogens (tertiary/aromatic N) is 7. The predicted molar refractivity (Wildman–Crippen MR) is 103 cm³/mol. The molecule has 3 aromatic rings. The molecule has 0 spiro atoms. The van der Waals surface area contributed by atoms with Crippen LogP contribution in [0.1, 0.15) is 25.8 Å². The molecule has 2 aliphatic rings. The number of ether oxygens (including phenoxy) is 1. The van der Waals surface area contributed by atoms with Gasteiger partial charge in [-0.15, -0.1) is 0 Å². The van der Waals surface area contributed by atoms with E-state index in [0.29, 0.717) is 17.3 Å². The molecule has 3 aromatic heterocycles. The minimum absolute atomic E-state index is 0.0296. The Kier molecular flexibility index (Phi) is 4.09. The second-order valence-electron chi connectivity index (χ2n) is 7.42. The minimum atomic E-state index is -0.198. The molecule has 3 unspecified atom stereocenters. The van der Waals surface area contributed by atoms with Crippen LogP contribution in [0.4, 0.5) is 11.9 Å². The van der Waals surface area contributed by atoms with E-state index in [9.17, 15) is 5.11 Å². The zero-order valence-electron chi connectivity index (χ0n) is 15.6. The molecule has 28 heavy (non-hydrogen) atoms. The number of aromatic nitrogens is 6. The number of nitrogen functional groups attached to an aromatic ring is 1. The molecule has 10 heteroatoms. The van der Waals surface area contributed by atoms with Crippen molar-refractivity contribution in [2.24, 2.45) is 0 Å². The van der Waals surface area contributed by atoms with Gasteiger partial charge in [-0.2, -0.15) is 10.1 Å². The Bertz CT molecular complexity index is 993. The van der Waals surface area contributed by atoms with Gasteiger partial charge in [-0.3, -0.25) is 0 Å². The molecule has 5 rings (SSSR count). The standard InChI is InChI=1S/C18H22N8O2/c1-10(9-27)26-16-14(6-22-26)15(11-4-20-17(19)21-5-11)23-18(24-16)25-7-12-2-3-13(8-25)28-12/h4-6,10,12-13,27H,2-3,7-9H2,1H3,(H2,19,20,21). The lowest BCUT2D eigenvalue weighted by Gasteiger charge is -2.32. The van der Waals surface area contributed by atoms with Crippen LogP contribution in [0.2, 0.25) is 0 Å². The average molecular weight is 382 g/mol. The summed E-state index contributed by atoms with van der Waals surface area (Å²) in [7, 11) is 0. The second-order valence-corrected chi connectivity index (χ2v) is 7.42. The monoisotopic (exact) mass is 382 g/mol. The van der Waals surface area contributed by atoms with Gasteiger partial charge in [0.1, 0.15) is 0 Å². The van der Waals surface area contributed by atoms with Crippen LogP contribution in [0, 0.1) is 0 Å². The number of aliphatic hydroxyl groups is 1. The van der Waals surface area contributed by atoms with E-state index in [4.69, 9.17) is 20.4 Å². The third-order valence-corrected chi connectivity index (χ3v) is 5.40. The minimum Gasteiger partial charge on any atom is -0.394 e. The number of aliphatic hydroxyl groups excluding tert-OH is 1. The fourth-order valence-corrected chi connectivity index (χ4v) is 3.91. The number of hydrogen-bond acceptors (Lipinski definition) is 9. The van der Waals surface area contributed by atoms with Crippen molar-refractivity contribution in [2.75, 3.05) is 30.3 Å². The van der Waals surface area contributed by atoms with Crippen molar-refractivity contribution in [3.8, 4) is 11.3 Å². The van der Waals surface area contributed by atoms with Crippen molar-refractivity contribution < 1.29 is 9.84 Å². The van der Waals surface area contributed by atoms with E-state index in [2.05, 4.69) is 20.0 Å². The zero-order chi connectivity index (χ0) is 19.3. The van der Waals surface area contributed by atoms with E-state index in [1.807, 2.05) is 6.92 Å². The smallest absolute Gasteiger partial charge is 0.228 e. The Labute approximate surface area is 161 Å². The lowest BCUT2D eigenvalue weighted by Crippen LogP contribution is -2.43. The summed E-state index contributed by atoms with van der Waals surface area (Å²) in [5.74, 6) is 0.843. The number of anilines is 2. The molecule has 0 amide bonds. The summed E-state index contributed by atoms with van der Waals surface area (Å²) in [6.45, 7) is 3.40. The maximum absolute atomic E-state index is 9.61. The summed E-state index contributed by atoms with van der Waals surface area (Å²) in [6.07, 6.45) is 7.63. The Morgan fingerprint density at radius 3 is 2.57 bits per heavy atom. The van der Waals surface area contributed by atoms with Gasteiger partial charge in [0.25, 0.3) is 0 Å². The van der Waals surface area contributed by atoms with Crippen molar-refractivity contribution >= 4 is 22.9 Å². The van der Waals surface area contributed by atoms with Gasteiger partial charge in [-0.1, -0.05) is 0 Å². The van der Waals surface area contributed by atoms with Gasteiger partial charge >= 0.3 is 0 Å². The normalized spacial score (nSPS) is 22.7. The molecule has 3 atom stereocenters. The van der Waals surface area contributed by atoms with Gasteiger partial charge in [-0.05, 0) is 19.8 Å². The number of rotatable bonds is 4. The molecule has 2 saturated heterocycles. The number of morpholine rings is 1. The molecule has 2 aliphatic heterocycles. The van der Waals surface area contributed by atoms with Crippen LogP contribution in [0.3, 0.4) is 0 Å². The Balaban J connectivity index is 1.66. The van der Waals surface area contributed by atoms with Gasteiger partial charge in [0.2, 0.25) is 11.9 Å². The summed E-state index contributed by atoms with van der Waals surface area (Å²) < 4.78 is 7.68. The maximum atomic E-state index is 9.61. The number of nitrogens with two attached hydrogens (primary N) is 1. The summed E-state index contributed by atoms with van der Waals surface area (Å²) in [5, 5.41) is 14.8. The zero-order valence-corrected chi connectivity index (χ0v) is 15.6. The van der Waals surface area contributed by atoms with Crippen LogP contribution in [0.25, 0.3) is 22.3 Å². The molecule has 10 nitrogen and oxygen atoms in total. The van der Waals surface area contributed by atoms with Gasteiger partial charge in [0, 0.05) is 31.0 Å². The van der Waals surface area contributed by atoms with Gasteiger partial charge in [-0.25, -0.2) is 19.6 Å². The highest BCUT2D eigenvalue weighted by molar-refractivity contribution is 5.91.